The average Bonchev–Trinajstić information content (AvgIpc) is 3.22. The first-order chi connectivity index (χ1) is 16.1. The fraction of sp³-hybridized carbons (Fsp3) is 0.423. The van der Waals surface area contributed by atoms with Crippen LogP contribution in [-0.4, -0.2) is 70.0 Å². The molecule has 1 fully saturated rings. The maximum atomic E-state index is 12.6. The third kappa shape index (κ3) is 6.27. The SMILES string of the molecule is Cc1cccc(-n2nnc(C(=O)NCCCCN3CCN(Cc4ccccc4)CC3)c2C)c1. The predicted molar refractivity (Wildman–Crippen MR) is 131 cm³/mol. The molecule has 1 amide bonds. The average molecular weight is 447 g/mol. The van der Waals surface area contributed by atoms with Crippen LogP contribution in [-0.2, 0) is 6.54 Å². The molecule has 4 rings (SSSR count). The Labute approximate surface area is 196 Å². The fourth-order valence-corrected chi connectivity index (χ4v) is 4.30. The lowest BCUT2D eigenvalue weighted by atomic mass is 10.2. The van der Waals surface area contributed by atoms with E-state index in [0.717, 1.165) is 69.1 Å². The molecule has 0 unspecified atom stereocenters. The summed E-state index contributed by atoms with van der Waals surface area (Å²) in [7, 11) is 0. The zero-order valence-electron chi connectivity index (χ0n) is 19.7. The highest BCUT2D eigenvalue weighted by atomic mass is 16.2. The lowest BCUT2D eigenvalue weighted by Gasteiger charge is -2.34. The highest BCUT2D eigenvalue weighted by molar-refractivity contribution is 5.93. The molecule has 3 aromatic rings. The lowest BCUT2D eigenvalue weighted by molar-refractivity contribution is 0.0945. The molecule has 1 saturated heterocycles. The maximum absolute atomic E-state index is 12.6. The van der Waals surface area contributed by atoms with Crippen LogP contribution in [0.15, 0.2) is 54.6 Å². The van der Waals surface area contributed by atoms with Gasteiger partial charge in [-0.05, 0) is 56.5 Å². The topological polar surface area (TPSA) is 66.3 Å². The number of nitrogens with zero attached hydrogens (tertiary/aromatic N) is 5. The van der Waals surface area contributed by atoms with E-state index in [1.165, 1.54) is 5.56 Å². The number of aromatic nitrogens is 3. The van der Waals surface area contributed by atoms with Gasteiger partial charge < -0.3 is 10.2 Å². The van der Waals surface area contributed by atoms with Gasteiger partial charge in [-0.2, -0.15) is 0 Å². The van der Waals surface area contributed by atoms with Gasteiger partial charge in [0.25, 0.3) is 5.91 Å². The molecule has 174 valence electrons. The predicted octanol–water partition coefficient (Wildman–Crippen LogP) is 3.21. The van der Waals surface area contributed by atoms with Crippen molar-refractivity contribution in [2.75, 3.05) is 39.3 Å². The van der Waals surface area contributed by atoms with Gasteiger partial charge in [0.05, 0.1) is 11.4 Å². The van der Waals surface area contributed by atoms with Crippen molar-refractivity contribution in [3.8, 4) is 5.69 Å². The Morgan fingerprint density at radius 2 is 1.70 bits per heavy atom. The Kier molecular flexibility index (Phi) is 7.86. The van der Waals surface area contributed by atoms with Crippen LogP contribution in [0.5, 0.6) is 0 Å². The van der Waals surface area contributed by atoms with Gasteiger partial charge in [0, 0.05) is 39.3 Å². The molecule has 2 aromatic carbocycles. The Balaban J connectivity index is 1.14. The van der Waals surface area contributed by atoms with Crippen LogP contribution in [0.25, 0.3) is 5.69 Å². The Bertz CT molecular complexity index is 1040. The van der Waals surface area contributed by atoms with Gasteiger partial charge >= 0.3 is 0 Å². The molecule has 2 heterocycles. The Morgan fingerprint density at radius 3 is 2.45 bits per heavy atom. The second kappa shape index (κ2) is 11.2. The van der Waals surface area contributed by atoms with Crippen LogP contribution >= 0.6 is 0 Å². The van der Waals surface area contributed by atoms with Crippen molar-refractivity contribution < 1.29 is 4.79 Å². The molecule has 0 aliphatic carbocycles. The second-order valence-electron chi connectivity index (χ2n) is 8.84. The van der Waals surface area contributed by atoms with E-state index < -0.39 is 0 Å². The number of amides is 1. The molecule has 1 aliphatic rings. The first-order valence-electron chi connectivity index (χ1n) is 11.9. The van der Waals surface area contributed by atoms with Crippen molar-refractivity contribution in [1.29, 1.82) is 0 Å². The molecular weight excluding hydrogens is 412 g/mol. The summed E-state index contributed by atoms with van der Waals surface area (Å²) in [4.78, 5) is 17.6. The molecule has 33 heavy (non-hydrogen) atoms. The van der Waals surface area contributed by atoms with Crippen LogP contribution in [0.3, 0.4) is 0 Å². The van der Waals surface area contributed by atoms with Gasteiger partial charge in [-0.3, -0.25) is 9.69 Å². The molecule has 1 aliphatic heterocycles. The number of piperazine rings is 1. The maximum Gasteiger partial charge on any atom is 0.273 e. The molecule has 1 N–H and O–H groups in total. The number of aryl methyl sites for hydroxylation is 1. The Hall–Kier alpha value is -3.03. The summed E-state index contributed by atoms with van der Waals surface area (Å²) in [6.07, 6.45) is 2.04. The van der Waals surface area contributed by atoms with Gasteiger partial charge in [-0.25, -0.2) is 4.68 Å². The second-order valence-corrected chi connectivity index (χ2v) is 8.84. The zero-order valence-corrected chi connectivity index (χ0v) is 19.7. The van der Waals surface area contributed by atoms with Gasteiger partial charge in [0.2, 0.25) is 0 Å². The van der Waals surface area contributed by atoms with Crippen molar-refractivity contribution in [2.24, 2.45) is 0 Å². The fourth-order valence-electron chi connectivity index (χ4n) is 4.30. The molecule has 0 saturated carbocycles. The highest BCUT2D eigenvalue weighted by Crippen LogP contribution is 2.14. The summed E-state index contributed by atoms with van der Waals surface area (Å²) in [6, 6.07) is 18.7. The molecular formula is C26H34N6O. The summed E-state index contributed by atoms with van der Waals surface area (Å²) >= 11 is 0. The van der Waals surface area contributed by atoms with Crippen molar-refractivity contribution in [1.82, 2.24) is 30.1 Å². The normalized spacial score (nSPS) is 15.0. The van der Waals surface area contributed by atoms with E-state index in [1.54, 1.807) is 4.68 Å². The van der Waals surface area contributed by atoms with Crippen LogP contribution in [0.1, 0.15) is 40.2 Å². The molecule has 0 radical (unpaired) electrons. The van der Waals surface area contributed by atoms with Crippen LogP contribution in [0.4, 0.5) is 0 Å². The Morgan fingerprint density at radius 1 is 0.939 bits per heavy atom. The number of carbonyl (C=O) groups excluding carboxylic acids is 1. The van der Waals surface area contributed by atoms with Crippen LogP contribution < -0.4 is 5.32 Å². The first-order valence-corrected chi connectivity index (χ1v) is 11.9. The minimum absolute atomic E-state index is 0.152. The number of benzene rings is 2. The zero-order chi connectivity index (χ0) is 23.0. The minimum atomic E-state index is -0.152. The van der Waals surface area contributed by atoms with E-state index in [9.17, 15) is 4.79 Å². The quantitative estimate of drug-likeness (QED) is 0.512. The highest BCUT2D eigenvalue weighted by Gasteiger charge is 2.18. The van der Waals surface area contributed by atoms with Crippen molar-refractivity contribution in [3.05, 3.63) is 77.1 Å². The molecule has 7 heteroatoms. The third-order valence-corrected chi connectivity index (χ3v) is 6.26. The smallest absolute Gasteiger partial charge is 0.273 e. The van der Waals surface area contributed by atoms with E-state index in [-0.39, 0.29) is 5.91 Å². The van der Waals surface area contributed by atoms with Crippen LogP contribution in [0.2, 0.25) is 0 Å². The van der Waals surface area contributed by atoms with Crippen LogP contribution in [0, 0.1) is 13.8 Å². The van der Waals surface area contributed by atoms with Gasteiger partial charge in [-0.15, -0.1) is 5.10 Å². The van der Waals surface area contributed by atoms with Crippen molar-refractivity contribution >= 4 is 5.91 Å². The van der Waals surface area contributed by atoms with E-state index in [2.05, 4.69) is 55.8 Å². The first kappa shape index (κ1) is 23.1. The van der Waals surface area contributed by atoms with Crippen molar-refractivity contribution in [3.63, 3.8) is 0 Å². The number of nitrogens with one attached hydrogen (secondary N) is 1. The summed E-state index contributed by atoms with van der Waals surface area (Å²) in [5, 5.41) is 11.3. The van der Waals surface area contributed by atoms with Gasteiger partial charge in [0.1, 0.15) is 0 Å². The number of hydrogen-bond acceptors (Lipinski definition) is 5. The summed E-state index contributed by atoms with van der Waals surface area (Å²) in [5.41, 5.74) is 4.60. The minimum Gasteiger partial charge on any atom is -0.351 e. The third-order valence-electron chi connectivity index (χ3n) is 6.26. The number of unbranched alkanes of at least 4 members (excludes halogenated alkanes) is 1. The van der Waals surface area contributed by atoms with E-state index in [1.807, 2.05) is 38.1 Å². The number of rotatable bonds is 9. The monoisotopic (exact) mass is 446 g/mol. The summed E-state index contributed by atoms with van der Waals surface area (Å²) in [5.74, 6) is -0.152. The standard InChI is InChI=1S/C26H34N6O/c1-21-9-8-12-24(19-21)32-22(2)25(28-29-32)26(33)27-13-6-7-14-30-15-17-31(18-16-30)20-23-10-4-3-5-11-23/h3-5,8-12,19H,6-7,13-18,20H2,1-2H3,(H,27,33). The summed E-state index contributed by atoms with van der Waals surface area (Å²) in [6.45, 7) is 11.1. The number of hydrogen-bond donors (Lipinski definition) is 1. The molecule has 0 bridgehead atoms. The van der Waals surface area contributed by atoms with Gasteiger partial charge in [0.15, 0.2) is 5.69 Å². The largest absolute Gasteiger partial charge is 0.351 e. The lowest BCUT2D eigenvalue weighted by Crippen LogP contribution is -2.46. The summed E-state index contributed by atoms with van der Waals surface area (Å²) < 4.78 is 1.72. The molecule has 1 aromatic heterocycles. The molecule has 0 atom stereocenters. The van der Waals surface area contributed by atoms with E-state index >= 15 is 0 Å². The number of carbonyl (C=O) groups is 1. The molecule has 7 nitrogen and oxygen atoms in total. The molecule has 0 spiro atoms. The van der Waals surface area contributed by atoms with E-state index in [0.29, 0.717) is 12.2 Å². The van der Waals surface area contributed by atoms with Gasteiger partial charge in [-0.1, -0.05) is 47.7 Å². The van der Waals surface area contributed by atoms with E-state index in [4.69, 9.17) is 0 Å². The van der Waals surface area contributed by atoms with Crippen molar-refractivity contribution in [2.45, 2.75) is 33.2 Å².